The van der Waals surface area contributed by atoms with Gasteiger partial charge in [0.2, 0.25) is 0 Å². The first kappa shape index (κ1) is 56.2. The third kappa shape index (κ3) is 8.84. The molecule has 0 spiro atoms. The second kappa shape index (κ2) is 22.0. The molecule has 6 aliphatic rings. The monoisotopic (exact) mass is 1220 g/mol. The lowest BCUT2D eigenvalue weighted by atomic mass is 9.64. The number of hydrogen-bond donors (Lipinski definition) is 0. The largest absolute Gasteiger partial charge is 0.236 e. The average molecular weight is 1220 g/mol. The second-order valence-corrected chi connectivity index (χ2v) is 29.3. The molecule has 5 unspecified atom stereocenters. The van der Waals surface area contributed by atoms with E-state index in [4.69, 9.17) is 15.0 Å². The Hall–Kier alpha value is -9.61. The molecule has 0 radical (unpaired) electrons. The van der Waals surface area contributed by atoms with Crippen molar-refractivity contribution in [2.75, 3.05) is 0 Å². The number of hydrogen-bond acceptors (Lipinski definition) is 4. The maximum Gasteiger partial charge on any atom is 0.160 e. The minimum absolute atomic E-state index is 0.168. The molecule has 4 heteroatoms. The summed E-state index contributed by atoms with van der Waals surface area (Å²) in [7, 11) is 0. The van der Waals surface area contributed by atoms with Crippen LogP contribution in [0.5, 0.6) is 0 Å². The van der Waals surface area contributed by atoms with Crippen molar-refractivity contribution in [2.45, 2.75) is 78.1 Å². The van der Waals surface area contributed by atoms with Gasteiger partial charge in [-0.3, -0.25) is 0 Å². The van der Waals surface area contributed by atoms with Gasteiger partial charge in [0.25, 0.3) is 0 Å². The van der Waals surface area contributed by atoms with Crippen LogP contribution in [0.3, 0.4) is 0 Å². The summed E-state index contributed by atoms with van der Waals surface area (Å²) in [6.07, 6.45) is 8.91. The summed E-state index contributed by atoms with van der Waals surface area (Å²) in [6.45, 7) is 10.2. The number of thiazole rings is 1. The Balaban J connectivity index is 1.07. The maximum absolute atomic E-state index is 5.97. The van der Waals surface area contributed by atoms with E-state index >= 15 is 0 Å². The van der Waals surface area contributed by atoms with Crippen molar-refractivity contribution < 1.29 is 0 Å². The lowest BCUT2D eigenvalue weighted by molar-refractivity contribution is 0.118. The summed E-state index contributed by atoms with van der Waals surface area (Å²) in [5.74, 6) is 3.73. The third-order valence-corrected chi connectivity index (χ3v) is 23.9. The molecule has 5 atom stereocenters. The zero-order valence-electron chi connectivity index (χ0n) is 53.3. The Bertz CT molecular complexity index is 4960. The normalized spacial score (nSPS) is 20.5. The standard InChI is InChI=1S/C89H73N3S/c1-88(2)66-43-25-23-41-62(66)64-51-60(47-49-68(64)88)78-74(55-31-13-6-14-32-55)75(56-33-15-7-16-34-56)81-79(61-48-50-69-65(52-61)63-42-24-26-44-67(63)89(69,3)4)84-82(83(78)81)76(57-35-17-8-18-36-57)80(72-53-71(54-29-11-5-12-30-54)90-86(91-72)59-39-21-10-22-40-59)77(58-37-19-9-20-38-58)85(84)87-92-70-45-27-28-46-73(70)93-87/h5-23,25,27-41,43,45-47,49,51,53,61,63,65,67,69H,24,26,42,44,48,50,52H2,1-4H3. The van der Waals surface area contributed by atoms with Gasteiger partial charge in [0.05, 0.1) is 21.6 Å². The first-order valence-corrected chi connectivity index (χ1v) is 34.8. The highest BCUT2D eigenvalue weighted by Gasteiger charge is 2.58. The quantitative estimate of drug-likeness (QED) is 0.137. The lowest BCUT2D eigenvalue weighted by Gasteiger charge is -2.40. The van der Waals surface area contributed by atoms with Gasteiger partial charge in [0, 0.05) is 38.8 Å². The van der Waals surface area contributed by atoms with Crippen LogP contribution in [0, 0.1) is 35.0 Å². The van der Waals surface area contributed by atoms with Crippen LogP contribution in [0.4, 0.5) is 0 Å². The van der Waals surface area contributed by atoms with Crippen LogP contribution in [-0.2, 0) is 5.41 Å². The first-order chi connectivity index (χ1) is 45.7. The fourth-order valence-corrected chi connectivity index (χ4v) is 19.9. The van der Waals surface area contributed by atoms with Gasteiger partial charge in [-0.05, 0) is 186 Å². The Morgan fingerprint density at radius 3 is 1.55 bits per heavy atom. The number of rotatable bonds is 10. The van der Waals surface area contributed by atoms with Crippen LogP contribution in [-0.4, -0.2) is 15.0 Å². The number of benzene rings is 10. The Labute approximate surface area is 551 Å². The molecule has 0 aliphatic heterocycles. The van der Waals surface area contributed by atoms with Crippen molar-refractivity contribution >= 4 is 49.4 Å². The molecule has 3 saturated carbocycles. The third-order valence-electron chi connectivity index (χ3n) is 22.8. The molecule has 0 saturated heterocycles. The lowest BCUT2D eigenvalue weighted by Crippen LogP contribution is -2.31. The van der Waals surface area contributed by atoms with E-state index in [0.717, 1.165) is 73.5 Å². The maximum atomic E-state index is 5.97. The Morgan fingerprint density at radius 2 is 0.882 bits per heavy atom. The molecule has 450 valence electrons. The highest BCUT2D eigenvalue weighted by molar-refractivity contribution is 7.21. The smallest absolute Gasteiger partial charge is 0.160 e. The summed E-state index contributed by atoms with van der Waals surface area (Å²) in [5.41, 5.74) is 31.6. The SMILES string of the molecule is CC1(C)c2ccccc2-c2cc(C3=C4C(=C(C5CCC6C(C5)C5CCCCC5C6(C)C)c5c4c(-c4ccccc4)c(-c4cc(-c6ccccc6)nc(-c6ccccc6)n4)c(-c4ccccc4)c5-c4nc5ccccc5s4)C(c4ccccc4)=C3c3ccccc3)ccc21. The van der Waals surface area contributed by atoms with Crippen molar-refractivity contribution in [1.82, 2.24) is 15.0 Å². The van der Waals surface area contributed by atoms with E-state index in [1.54, 1.807) is 0 Å². The van der Waals surface area contributed by atoms with E-state index in [-0.39, 0.29) is 11.3 Å². The second-order valence-electron chi connectivity index (χ2n) is 28.3. The summed E-state index contributed by atoms with van der Waals surface area (Å²) < 4.78 is 1.18. The number of aromatic nitrogens is 3. The molecular formula is C89H73N3S. The van der Waals surface area contributed by atoms with E-state index in [0.29, 0.717) is 23.1 Å². The summed E-state index contributed by atoms with van der Waals surface area (Å²) >= 11 is 1.84. The van der Waals surface area contributed by atoms with E-state index in [9.17, 15) is 0 Å². The molecule has 93 heavy (non-hydrogen) atoms. The number of allylic oxidation sites excluding steroid dienone is 6. The fourth-order valence-electron chi connectivity index (χ4n) is 18.9. The van der Waals surface area contributed by atoms with Gasteiger partial charge in [-0.1, -0.05) is 271 Å². The van der Waals surface area contributed by atoms with Crippen molar-refractivity contribution in [2.24, 2.45) is 35.0 Å². The number of fused-ring (bicyclic) bond motifs is 10. The van der Waals surface area contributed by atoms with Gasteiger partial charge >= 0.3 is 0 Å². The van der Waals surface area contributed by atoms with Crippen LogP contribution in [0.25, 0.3) is 116 Å². The molecule has 10 aromatic carbocycles. The van der Waals surface area contributed by atoms with Gasteiger partial charge in [0.1, 0.15) is 5.01 Å². The van der Waals surface area contributed by atoms with Gasteiger partial charge in [0.15, 0.2) is 5.82 Å². The van der Waals surface area contributed by atoms with Crippen LogP contribution in [0.1, 0.15) is 112 Å². The van der Waals surface area contributed by atoms with E-state index < -0.39 is 0 Å². The topological polar surface area (TPSA) is 38.7 Å². The molecule has 18 rings (SSSR count). The molecular weight excluding hydrogens is 1140 g/mol. The van der Waals surface area contributed by atoms with Crippen LogP contribution >= 0.6 is 11.3 Å². The molecule has 6 aliphatic carbocycles. The van der Waals surface area contributed by atoms with Gasteiger partial charge in [-0.15, -0.1) is 11.3 Å². The van der Waals surface area contributed by atoms with Crippen LogP contribution in [0.2, 0.25) is 0 Å². The molecule has 2 aromatic heterocycles. The molecule has 3 nitrogen and oxygen atoms in total. The molecule has 0 N–H and O–H groups in total. The number of para-hydroxylation sites is 1. The van der Waals surface area contributed by atoms with Gasteiger partial charge in [-0.2, -0.15) is 0 Å². The van der Waals surface area contributed by atoms with E-state index in [1.807, 2.05) is 11.3 Å². The average Bonchev–Trinajstić information content (AvgIpc) is 1.52. The van der Waals surface area contributed by atoms with E-state index in [1.165, 1.54) is 138 Å². The fraction of sp³-hybridized carbons (Fsp3) is 0.202. The summed E-state index contributed by atoms with van der Waals surface area (Å²) in [6, 6.07) is 95.0. The summed E-state index contributed by atoms with van der Waals surface area (Å²) in [5, 5.41) is 1.03. The minimum atomic E-state index is -0.168. The van der Waals surface area contributed by atoms with Crippen molar-refractivity contribution in [3.63, 3.8) is 0 Å². The van der Waals surface area contributed by atoms with Crippen LogP contribution in [0.15, 0.2) is 260 Å². The zero-order valence-corrected chi connectivity index (χ0v) is 54.2. The van der Waals surface area contributed by atoms with Crippen LogP contribution < -0.4 is 0 Å². The Morgan fingerprint density at radius 1 is 0.355 bits per heavy atom. The van der Waals surface area contributed by atoms with Crippen molar-refractivity contribution in [3.05, 3.63) is 299 Å². The summed E-state index contributed by atoms with van der Waals surface area (Å²) in [4.78, 5) is 17.4. The molecule has 12 aromatic rings. The van der Waals surface area contributed by atoms with E-state index in [2.05, 4.69) is 282 Å². The Kier molecular flexibility index (Phi) is 13.3. The molecule has 2 heterocycles. The highest BCUT2D eigenvalue weighted by atomic mass is 32.1. The number of nitrogens with zero attached hydrogens (tertiary/aromatic N) is 3. The molecule has 0 amide bonds. The van der Waals surface area contributed by atoms with Gasteiger partial charge < -0.3 is 0 Å². The molecule has 0 bridgehead atoms. The minimum Gasteiger partial charge on any atom is -0.236 e. The highest BCUT2D eigenvalue weighted by Crippen LogP contribution is 2.71. The molecule has 3 fully saturated rings. The predicted molar refractivity (Wildman–Crippen MR) is 389 cm³/mol. The predicted octanol–water partition coefficient (Wildman–Crippen LogP) is 23.6. The first-order valence-electron chi connectivity index (χ1n) is 34.0. The van der Waals surface area contributed by atoms with Crippen molar-refractivity contribution in [3.8, 4) is 77.9 Å². The van der Waals surface area contributed by atoms with Crippen molar-refractivity contribution in [1.29, 1.82) is 0 Å². The zero-order chi connectivity index (χ0) is 62.1. The van der Waals surface area contributed by atoms with Gasteiger partial charge in [-0.25, -0.2) is 15.0 Å².